The van der Waals surface area contributed by atoms with E-state index in [9.17, 15) is 9.90 Å². The van der Waals surface area contributed by atoms with Crippen molar-refractivity contribution >= 4 is 5.97 Å². The molecule has 4 heteroatoms. The zero-order valence-corrected chi connectivity index (χ0v) is 12.3. The molecule has 2 unspecified atom stereocenters. The maximum absolute atomic E-state index is 11.6. The fourth-order valence-corrected chi connectivity index (χ4v) is 3.64. The van der Waals surface area contributed by atoms with Crippen LogP contribution in [0.2, 0.25) is 0 Å². The molecule has 1 aliphatic heterocycles. The van der Waals surface area contributed by atoms with Crippen LogP contribution in [0.4, 0.5) is 0 Å². The minimum Gasteiger partial charge on any atom is -0.492 e. The molecule has 2 atom stereocenters. The quantitative estimate of drug-likeness (QED) is 0.851. The van der Waals surface area contributed by atoms with Gasteiger partial charge in [0.15, 0.2) is 0 Å². The molecule has 1 heterocycles. The summed E-state index contributed by atoms with van der Waals surface area (Å²) >= 11 is 0. The zero-order chi connectivity index (χ0) is 14.7. The van der Waals surface area contributed by atoms with Crippen LogP contribution in [0.5, 0.6) is 5.75 Å². The first-order chi connectivity index (χ1) is 10.3. The maximum atomic E-state index is 11.6. The van der Waals surface area contributed by atoms with E-state index in [0.29, 0.717) is 6.61 Å². The lowest BCUT2D eigenvalue weighted by atomic mass is 9.93. The molecule has 1 N–H and O–H groups in total. The molecule has 2 aliphatic rings. The molecule has 0 aromatic heterocycles. The van der Waals surface area contributed by atoms with Crippen LogP contribution in [0.15, 0.2) is 24.3 Å². The number of benzene rings is 1. The van der Waals surface area contributed by atoms with Crippen LogP contribution in [0.1, 0.15) is 37.7 Å². The summed E-state index contributed by atoms with van der Waals surface area (Å²) < 4.78 is 5.81. The number of hydrogen-bond donors (Lipinski definition) is 1. The first-order valence-electron chi connectivity index (χ1n) is 7.93. The molecule has 0 bridgehead atoms. The van der Waals surface area contributed by atoms with Crippen molar-refractivity contribution in [1.29, 1.82) is 0 Å². The molecule has 3 rings (SSSR count). The van der Waals surface area contributed by atoms with E-state index in [1.54, 1.807) is 0 Å². The van der Waals surface area contributed by atoms with Crippen LogP contribution in [0.3, 0.4) is 0 Å². The van der Waals surface area contributed by atoms with Crippen molar-refractivity contribution < 1.29 is 14.6 Å². The van der Waals surface area contributed by atoms with Crippen molar-refractivity contribution in [2.75, 3.05) is 13.2 Å². The molecule has 0 spiro atoms. The van der Waals surface area contributed by atoms with Crippen molar-refractivity contribution in [3.63, 3.8) is 0 Å². The van der Waals surface area contributed by atoms with Gasteiger partial charge in [-0.25, -0.2) is 0 Å². The number of carboxylic acids is 1. The molecule has 1 aliphatic carbocycles. The first-order valence-corrected chi connectivity index (χ1v) is 7.93. The molecule has 0 saturated heterocycles. The van der Waals surface area contributed by atoms with Crippen molar-refractivity contribution in [2.24, 2.45) is 5.92 Å². The smallest absolute Gasteiger partial charge is 0.308 e. The maximum Gasteiger partial charge on any atom is 0.308 e. The van der Waals surface area contributed by atoms with Crippen molar-refractivity contribution in [2.45, 2.75) is 44.7 Å². The highest BCUT2D eigenvalue weighted by Crippen LogP contribution is 2.31. The average molecular weight is 289 g/mol. The minimum absolute atomic E-state index is 0.139. The van der Waals surface area contributed by atoms with Crippen LogP contribution in [0.25, 0.3) is 0 Å². The molecule has 1 aromatic carbocycles. The van der Waals surface area contributed by atoms with E-state index >= 15 is 0 Å². The number of aliphatic carboxylic acids is 1. The number of carboxylic acid groups (broad SMARTS) is 1. The summed E-state index contributed by atoms with van der Waals surface area (Å²) in [7, 11) is 0. The lowest BCUT2D eigenvalue weighted by Gasteiger charge is -2.33. The van der Waals surface area contributed by atoms with Gasteiger partial charge in [-0.15, -0.1) is 0 Å². The summed E-state index contributed by atoms with van der Waals surface area (Å²) in [4.78, 5) is 14.0. The third-order valence-electron chi connectivity index (χ3n) is 4.75. The van der Waals surface area contributed by atoms with Gasteiger partial charge >= 0.3 is 5.97 Å². The van der Waals surface area contributed by atoms with Gasteiger partial charge in [-0.1, -0.05) is 37.5 Å². The number of ether oxygens (including phenoxy) is 1. The highest BCUT2D eigenvalue weighted by molar-refractivity contribution is 5.71. The van der Waals surface area contributed by atoms with Crippen molar-refractivity contribution in [3.05, 3.63) is 29.8 Å². The molecule has 0 radical (unpaired) electrons. The standard InChI is InChI=1S/C17H23NO3/c19-17(20)14-7-2-1-3-8-15(14)18-10-11-21-16-9-5-4-6-13(16)12-18/h4-6,9,14-15H,1-3,7-8,10-12H2,(H,19,20). The van der Waals surface area contributed by atoms with Gasteiger partial charge in [0, 0.05) is 24.7 Å². The molecular formula is C17H23NO3. The summed E-state index contributed by atoms with van der Waals surface area (Å²) in [5.41, 5.74) is 1.17. The van der Waals surface area contributed by atoms with E-state index in [1.807, 2.05) is 18.2 Å². The SMILES string of the molecule is O=C(O)C1CCCCCC1N1CCOc2ccccc2C1. The van der Waals surface area contributed by atoms with Gasteiger partial charge in [0.1, 0.15) is 12.4 Å². The Morgan fingerprint density at radius 1 is 1.19 bits per heavy atom. The lowest BCUT2D eigenvalue weighted by Crippen LogP contribution is -2.43. The third-order valence-corrected chi connectivity index (χ3v) is 4.75. The Morgan fingerprint density at radius 2 is 2.00 bits per heavy atom. The molecule has 1 saturated carbocycles. The second-order valence-electron chi connectivity index (χ2n) is 6.08. The Labute approximate surface area is 125 Å². The summed E-state index contributed by atoms with van der Waals surface area (Å²) in [5.74, 6) is 0.0682. The predicted octanol–water partition coefficient (Wildman–Crippen LogP) is 2.91. The fraction of sp³-hybridized carbons (Fsp3) is 0.588. The van der Waals surface area contributed by atoms with Gasteiger partial charge in [0.05, 0.1) is 5.92 Å². The van der Waals surface area contributed by atoms with E-state index < -0.39 is 5.97 Å². The molecule has 1 fully saturated rings. The van der Waals surface area contributed by atoms with Crippen LogP contribution < -0.4 is 4.74 Å². The molecule has 21 heavy (non-hydrogen) atoms. The fourth-order valence-electron chi connectivity index (χ4n) is 3.64. The number of fused-ring (bicyclic) bond motifs is 1. The molecule has 1 aromatic rings. The number of nitrogens with zero attached hydrogens (tertiary/aromatic N) is 1. The summed E-state index contributed by atoms with van der Waals surface area (Å²) in [5, 5.41) is 9.57. The number of hydrogen-bond acceptors (Lipinski definition) is 3. The topological polar surface area (TPSA) is 49.8 Å². The third kappa shape index (κ3) is 3.21. The zero-order valence-electron chi connectivity index (χ0n) is 12.3. The Bertz CT molecular complexity index is 503. The van der Waals surface area contributed by atoms with Crippen LogP contribution >= 0.6 is 0 Å². The van der Waals surface area contributed by atoms with Gasteiger partial charge in [0.2, 0.25) is 0 Å². The van der Waals surface area contributed by atoms with Gasteiger partial charge in [-0.2, -0.15) is 0 Å². The van der Waals surface area contributed by atoms with E-state index in [0.717, 1.165) is 50.9 Å². The largest absolute Gasteiger partial charge is 0.492 e. The van der Waals surface area contributed by atoms with Crippen molar-refractivity contribution in [1.82, 2.24) is 4.90 Å². The Hall–Kier alpha value is -1.55. The summed E-state index contributed by atoms with van der Waals surface area (Å²) in [6.07, 6.45) is 5.11. The van der Waals surface area contributed by atoms with Gasteiger partial charge in [-0.3, -0.25) is 9.69 Å². The average Bonchev–Trinajstić information content (AvgIpc) is 2.85. The molecule has 114 valence electrons. The number of rotatable bonds is 2. The first kappa shape index (κ1) is 14.4. The number of para-hydroxylation sites is 1. The Kier molecular flexibility index (Phi) is 4.44. The van der Waals surface area contributed by atoms with E-state index in [-0.39, 0.29) is 12.0 Å². The Balaban J connectivity index is 1.82. The monoisotopic (exact) mass is 289 g/mol. The van der Waals surface area contributed by atoms with Crippen molar-refractivity contribution in [3.8, 4) is 5.75 Å². The lowest BCUT2D eigenvalue weighted by molar-refractivity contribution is -0.144. The van der Waals surface area contributed by atoms with E-state index in [2.05, 4.69) is 11.0 Å². The van der Waals surface area contributed by atoms with Crippen LogP contribution in [0, 0.1) is 5.92 Å². The molecule has 0 amide bonds. The second kappa shape index (κ2) is 6.48. The second-order valence-corrected chi connectivity index (χ2v) is 6.08. The highest BCUT2D eigenvalue weighted by Gasteiger charge is 2.34. The number of carbonyl (C=O) groups is 1. The highest BCUT2D eigenvalue weighted by atomic mass is 16.5. The predicted molar refractivity (Wildman–Crippen MR) is 80.3 cm³/mol. The van der Waals surface area contributed by atoms with Gasteiger partial charge in [0.25, 0.3) is 0 Å². The summed E-state index contributed by atoms with van der Waals surface area (Å²) in [6, 6.07) is 8.23. The van der Waals surface area contributed by atoms with Gasteiger partial charge in [-0.05, 0) is 18.9 Å². The Morgan fingerprint density at radius 3 is 2.86 bits per heavy atom. The molecule has 4 nitrogen and oxygen atoms in total. The van der Waals surface area contributed by atoms with E-state index in [1.165, 1.54) is 5.56 Å². The van der Waals surface area contributed by atoms with Crippen LogP contribution in [-0.4, -0.2) is 35.2 Å². The summed E-state index contributed by atoms with van der Waals surface area (Å²) in [6.45, 7) is 2.24. The minimum atomic E-state index is -0.639. The normalized spacial score (nSPS) is 27.0. The van der Waals surface area contributed by atoms with Gasteiger partial charge < -0.3 is 9.84 Å². The van der Waals surface area contributed by atoms with Crippen LogP contribution in [-0.2, 0) is 11.3 Å². The van der Waals surface area contributed by atoms with E-state index in [4.69, 9.17) is 4.74 Å². The molecular weight excluding hydrogens is 266 g/mol.